The Morgan fingerprint density at radius 3 is 2.93 bits per heavy atom. The minimum absolute atomic E-state index is 0.126. The van der Waals surface area contributed by atoms with Crippen molar-refractivity contribution in [3.63, 3.8) is 0 Å². The Hall–Kier alpha value is -1.29. The van der Waals surface area contributed by atoms with Crippen molar-refractivity contribution in [1.82, 2.24) is 10.2 Å². The maximum Gasteiger partial charge on any atom is 0.287 e. The van der Waals surface area contributed by atoms with E-state index in [2.05, 4.69) is 10.2 Å². The number of nitrogens with zero attached hydrogens (tertiary/aromatic N) is 1. The average molecular weight is 208 g/mol. The van der Waals surface area contributed by atoms with Crippen LogP contribution in [0, 0.1) is 0 Å². The van der Waals surface area contributed by atoms with Crippen LogP contribution in [0.2, 0.25) is 0 Å². The average Bonchev–Trinajstić information content (AvgIpc) is 2.90. The summed E-state index contributed by atoms with van der Waals surface area (Å²) in [6, 6.07) is 3.39. The van der Waals surface area contributed by atoms with E-state index in [1.54, 1.807) is 12.1 Å². The zero-order valence-electron chi connectivity index (χ0n) is 8.74. The van der Waals surface area contributed by atoms with Crippen LogP contribution in [0.3, 0.4) is 0 Å². The van der Waals surface area contributed by atoms with Gasteiger partial charge in [-0.25, -0.2) is 0 Å². The topological polar surface area (TPSA) is 45.5 Å². The van der Waals surface area contributed by atoms with Crippen LogP contribution in [-0.2, 0) is 0 Å². The zero-order chi connectivity index (χ0) is 10.5. The first-order valence-electron chi connectivity index (χ1n) is 5.40. The number of rotatable bonds is 4. The lowest BCUT2D eigenvalue weighted by Gasteiger charge is -2.14. The first kappa shape index (κ1) is 10.2. The highest BCUT2D eigenvalue weighted by Gasteiger charge is 2.12. The Morgan fingerprint density at radius 1 is 1.47 bits per heavy atom. The van der Waals surface area contributed by atoms with Crippen LogP contribution in [-0.4, -0.2) is 37.0 Å². The van der Waals surface area contributed by atoms with Gasteiger partial charge in [0.25, 0.3) is 5.91 Å². The van der Waals surface area contributed by atoms with E-state index in [9.17, 15) is 4.79 Å². The number of hydrogen-bond donors (Lipinski definition) is 1. The van der Waals surface area contributed by atoms with Gasteiger partial charge in [-0.05, 0) is 38.1 Å². The second-order valence-electron chi connectivity index (χ2n) is 3.78. The molecule has 82 valence electrons. The van der Waals surface area contributed by atoms with E-state index in [0.29, 0.717) is 12.3 Å². The van der Waals surface area contributed by atoms with E-state index in [-0.39, 0.29) is 5.91 Å². The molecule has 1 amide bonds. The van der Waals surface area contributed by atoms with Crippen LogP contribution in [0.1, 0.15) is 23.4 Å². The molecule has 1 aromatic heterocycles. The third kappa shape index (κ3) is 2.83. The highest BCUT2D eigenvalue weighted by Crippen LogP contribution is 2.05. The Kier molecular flexibility index (Phi) is 3.40. The van der Waals surface area contributed by atoms with Gasteiger partial charge < -0.3 is 14.6 Å². The van der Waals surface area contributed by atoms with Crippen molar-refractivity contribution in [3.8, 4) is 0 Å². The molecule has 0 bridgehead atoms. The molecule has 4 heteroatoms. The van der Waals surface area contributed by atoms with Gasteiger partial charge in [-0.3, -0.25) is 4.79 Å². The minimum atomic E-state index is -0.126. The van der Waals surface area contributed by atoms with Gasteiger partial charge in [0.15, 0.2) is 5.76 Å². The molecule has 0 saturated carbocycles. The smallest absolute Gasteiger partial charge is 0.287 e. The summed E-state index contributed by atoms with van der Waals surface area (Å²) in [4.78, 5) is 13.8. The van der Waals surface area contributed by atoms with Crippen LogP contribution in [0.25, 0.3) is 0 Å². The van der Waals surface area contributed by atoms with Crippen molar-refractivity contribution in [2.45, 2.75) is 12.8 Å². The normalized spacial score (nSPS) is 16.8. The fraction of sp³-hybridized carbons (Fsp3) is 0.545. The first-order chi connectivity index (χ1) is 7.36. The van der Waals surface area contributed by atoms with Crippen molar-refractivity contribution >= 4 is 5.91 Å². The Morgan fingerprint density at radius 2 is 2.27 bits per heavy atom. The van der Waals surface area contributed by atoms with Gasteiger partial charge in [0, 0.05) is 13.1 Å². The van der Waals surface area contributed by atoms with E-state index >= 15 is 0 Å². The Balaban J connectivity index is 1.67. The first-order valence-corrected chi connectivity index (χ1v) is 5.40. The third-order valence-electron chi connectivity index (χ3n) is 2.66. The molecule has 1 fully saturated rings. The standard InChI is InChI=1S/C11H16N2O2/c14-11(10-4-3-9-15-10)12-5-8-13-6-1-2-7-13/h3-4,9H,1-2,5-8H2,(H,12,14). The molecule has 2 rings (SSSR count). The molecule has 4 nitrogen and oxygen atoms in total. The summed E-state index contributed by atoms with van der Waals surface area (Å²) in [6.45, 7) is 3.96. The summed E-state index contributed by atoms with van der Waals surface area (Å²) in [5, 5.41) is 2.84. The van der Waals surface area contributed by atoms with Crippen LogP contribution in [0.15, 0.2) is 22.8 Å². The van der Waals surface area contributed by atoms with Crippen molar-refractivity contribution in [1.29, 1.82) is 0 Å². The highest BCUT2D eigenvalue weighted by molar-refractivity contribution is 5.91. The van der Waals surface area contributed by atoms with Crippen LogP contribution in [0.5, 0.6) is 0 Å². The summed E-state index contributed by atoms with van der Waals surface area (Å²) in [6.07, 6.45) is 4.08. The largest absolute Gasteiger partial charge is 0.459 e. The highest BCUT2D eigenvalue weighted by atomic mass is 16.3. The summed E-state index contributed by atoms with van der Waals surface area (Å²) in [7, 11) is 0. The molecule has 1 aromatic rings. The summed E-state index contributed by atoms with van der Waals surface area (Å²) in [5.74, 6) is 0.260. The Bertz CT molecular complexity index is 302. The quantitative estimate of drug-likeness (QED) is 0.806. The number of likely N-dealkylation sites (tertiary alicyclic amines) is 1. The monoisotopic (exact) mass is 208 g/mol. The number of carbonyl (C=O) groups excluding carboxylic acids is 1. The fourth-order valence-corrected chi connectivity index (χ4v) is 1.83. The molecule has 2 heterocycles. The lowest BCUT2D eigenvalue weighted by atomic mass is 10.4. The van der Waals surface area contributed by atoms with Crippen molar-refractivity contribution in [2.24, 2.45) is 0 Å². The van der Waals surface area contributed by atoms with Crippen LogP contribution < -0.4 is 5.32 Å². The second-order valence-corrected chi connectivity index (χ2v) is 3.78. The summed E-state index contributed by atoms with van der Waals surface area (Å²) < 4.78 is 4.99. The molecule has 0 spiro atoms. The minimum Gasteiger partial charge on any atom is -0.459 e. The van der Waals surface area contributed by atoms with Crippen molar-refractivity contribution in [3.05, 3.63) is 24.2 Å². The molecule has 1 N–H and O–H groups in total. The van der Waals surface area contributed by atoms with Crippen LogP contribution >= 0.6 is 0 Å². The molecule has 0 radical (unpaired) electrons. The number of nitrogens with one attached hydrogen (secondary N) is 1. The van der Waals surface area contributed by atoms with E-state index < -0.39 is 0 Å². The van der Waals surface area contributed by atoms with E-state index in [1.165, 1.54) is 19.1 Å². The molecule has 15 heavy (non-hydrogen) atoms. The number of furan rings is 1. The van der Waals surface area contributed by atoms with Crippen LogP contribution in [0.4, 0.5) is 0 Å². The zero-order valence-corrected chi connectivity index (χ0v) is 8.74. The van der Waals surface area contributed by atoms with Crippen molar-refractivity contribution in [2.75, 3.05) is 26.2 Å². The number of carbonyl (C=O) groups is 1. The van der Waals surface area contributed by atoms with Gasteiger partial charge in [0.1, 0.15) is 0 Å². The lowest BCUT2D eigenvalue weighted by Crippen LogP contribution is -2.33. The van der Waals surface area contributed by atoms with Gasteiger partial charge >= 0.3 is 0 Å². The summed E-state index contributed by atoms with van der Waals surface area (Å²) >= 11 is 0. The van der Waals surface area contributed by atoms with Gasteiger partial charge in [-0.2, -0.15) is 0 Å². The second kappa shape index (κ2) is 4.98. The maximum atomic E-state index is 11.5. The lowest BCUT2D eigenvalue weighted by molar-refractivity contribution is 0.0922. The van der Waals surface area contributed by atoms with Gasteiger partial charge in [-0.15, -0.1) is 0 Å². The maximum absolute atomic E-state index is 11.5. The van der Waals surface area contributed by atoms with Gasteiger partial charge in [0.05, 0.1) is 6.26 Å². The van der Waals surface area contributed by atoms with E-state index in [4.69, 9.17) is 4.42 Å². The third-order valence-corrected chi connectivity index (χ3v) is 2.66. The molecular formula is C11H16N2O2. The summed E-state index contributed by atoms with van der Waals surface area (Å²) in [5.41, 5.74) is 0. The fourth-order valence-electron chi connectivity index (χ4n) is 1.83. The molecule has 1 aliphatic rings. The molecule has 0 atom stereocenters. The predicted octanol–water partition coefficient (Wildman–Crippen LogP) is 1.11. The predicted molar refractivity (Wildman–Crippen MR) is 56.7 cm³/mol. The molecular weight excluding hydrogens is 192 g/mol. The Labute approximate surface area is 89.2 Å². The molecule has 0 unspecified atom stereocenters. The molecule has 1 aliphatic heterocycles. The molecule has 1 saturated heterocycles. The van der Waals surface area contributed by atoms with E-state index in [1.807, 2.05) is 0 Å². The molecule has 0 aromatic carbocycles. The van der Waals surface area contributed by atoms with Crippen molar-refractivity contribution < 1.29 is 9.21 Å². The molecule has 0 aliphatic carbocycles. The van der Waals surface area contributed by atoms with Gasteiger partial charge in [-0.1, -0.05) is 0 Å². The van der Waals surface area contributed by atoms with E-state index in [0.717, 1.165) is 19.6 Å². The SMILES string of the molecule is O=C(NCCN1CCCC1)c1ccco1. The van der Waals surface area contributed by atoms with Gasteiger partial charge in [0.2, 0.25) is 0 Å². The number of amides is 1. The number of hydrogen-bond acceptors (Lipinski definition) is 3.